The first-order valence-corrected chi connectivity index (χ1v) is 9.47. The van der Waals surface area contributed by atoms with E-state index in [-0.39, 0.29) is 11.6 Å². The van der Waals surface area contributed by atoms with Gasteiger partial charge in [-0.25, -0.2) is 14.4 Å². The number of ketones is 1. The number of nitriles is 1. The number of halogens is 1. The standard InChI is InChI=1S/C22H20FN5O/c23-17-5-3-16(4-6-17)12-22(14-24)7-9-26-19(13-22)20(29)18-2-1-8-27-21(18)28-11-10-25-15-28/h1-6,8,10-11,15,19,26H,7,9,12-13H2. The molecule has 1 saturated heterocycles. The maximum Gasteiger partial charge on any atom is 0.183 e. The summed E-state index contributed by atoms with van der Waals surface area (Å²) in [7, 11) is 0. The number of nitrogens with one attached hydrogen (secondary N) is 1. The Bertz CT molecular complexity index is 1040. The predicted molar refractivity (Wildman–Crippen MR) is 105 cm³/mol. The van der Waals surface area contributed by atoms with Crippen molar-refractivity contribution in [2.45, 2.75) is 25.3 Å². The van der Waals surface area contributed by atoms with E-state index < -0.39 is 11.5 Å². The lowest BCUT2D eigenvalue weighted by atomic mass is 9.72. The maximum absolute atomic E-state index is 13.3. The van der Waals surface area contributed by atoms with E-state index in [1.165, 1.54) is 12.1 Å². The minimum atomic E-state index is -0.680. The molecule has 0 saturated carbocycles. The molecule has 4 rings (SSSR count). The molecule has 0 radical (unpaired) electrons. The van der Waals surface area contributed by atoms with Gasteiger partial charge in [-0.3, -0.25) is 9.36 Å². The van der Waals surface area contributed by atoms with Crippen LogP contribution in [0.4, 0.5) is 4.39 Å². The number of hydrogen-bond acceptors (Lipinski definition) is 5. The molecule has 0 amide bonds. The lowest BCUT2D eigenvalue weighted by Crippen LogP contribution is -2.48. The van der Waals surface area contributed by atoms with Crippen LogP contribution in [0.1, 0.15) is 28.8 Å². The first kappa shape index (κ1) is 19.0. The molecule has 2 aromatic heterocycles. The van der Waals surface area contributed by atoms with Crippen molar-refractivity contribution >= 4 is 5.78 Å². The van der Waals surface area contributed by atoms with Crippen molar-refractivity contribution in [2.24, 2.45) is 5.41 Å². The van der Waals surface area contributed by atoms with E-state index in [1.807, 2.05) is 0 Å². The van der Waals surface area contributed by atoms with Gasteiger partial charge in [0.2, 0.25) is 0 Å². The molecule has 7 heteroatoms. The van der Waals surface area contributed by atoms with Gasteiger partial charge in [0.1, 0.15) is 18.0 Å². The van der Waals surface area contributed by atoms with Gasteiger partial charge in [-0.15, -0.1) is 0 Å². The number of Topliss-reactive ketones (excluding diaryl/α,β-unsaturated/α-hetero) is 1. The largest absolute Gasteiger partial charge is 0.307 e. The number of benzene rings is 1. The molecule has 2 atom stereocenters. The van der Waals surface area contributed by atoms with Crippen LogP contribution in [0, 0.1) is 22.6 Å². The SMILES string of the molecule is N#CC1(Cc2ccc(F)cc2)CCNC(C(=O)c2cccnc2-n2ccnc2)C1. The second-order valence-electron chi connectivity index (χ2n) is 7.36. The third-order valence-corrected chi connectivity index (χ3v) is 5.40. The van der Waals surface area contributed by atoms with Crippen molar-refractivity contribution in [1.29, 1.82) is 5.26 Å². The van der Waals surface area contributed by atoms with Crippen molar-refractivity contribution in [1.82, 2.24) is 19.9 Å². The van der Waals surface area contributed by atoms with Gasteiger partial charge in [0.15, 0.2) is 5.78 Å². The van der Waals surface area contributed by atoms with E-state index in [0.29, 0.717) is 37.2 Å². The van der Waals surface area contributed by atoms with Crippen LogP contribution >= 0.6 is 0 Å². The van der Waals surface area contributed by atoms with E-state index in [2.05, 4.69) is 21.4 Å². The molecule has 146 valence electrons. The van der Waals surface area contributed by atoms with Gasteiger partial charge in [-0.05, 0) is 55.6 Å². The Kier molecular flexibility index (Phi) is 5.19. The number of imidazole rings is 1. The normalized spacial score (nSPS) is 21.4. The van der Waals surface area contributed by atoms with Crippen LogP contribution in [0.25, 0.3) is 5.82 Å². The summed E-state index contributed by atoms with van der Waals surface area (Å²) in [4.78, 5) is 21.7. The summed E-state index contributed by atoms with van der Waals surface area (Å²) < 4.78 is 14.9. The topological polar surface area (TPSA) is 83.6 Å². The van der Waals surface area contributed by atoms with Crippen LogP contribution in [0.3, 0.4) is 0 Å². The highest BCUT2D eigenvalue weighted by atomic mass is 19.1. The average molecular weight is 389 g/mol. The molecule has 3 heterocycles. The fourth-order valence-corrected chi connectivity index (χ4v) is 3.90. The third-order valence-electron chi connectivity index (χ3n) is 5.40. The summed E-state index contributed by atoms with van der Waals surface area (Å²) in [6, 6.07) is 11.6. The molecule has 0 aliphatic carbocycles. The van der Waals surface area contributed by atoms with Crippen molar-refractivity contribution in [3.63, 3.8) is 0 Å². The zero-order valence-corrected chi connectivity index (χ0v) is 15.8. The first-order chi connectivity index (χ1) is 14.1. The molecule has 29 heavy (non-hydrogen) atoms. The van der Waals surface area contributed by atoms with Gasteiger partial charge in [0, 0.05) is 18.6 Å². The molecule has 1 N–H and O–H groups in total. The fourth-order valence-electron chi connectivity index (χ4n) is 3.90. The van der Waals surface area contributed by atoms with E-state index in [0.717, 1.165) is 5.56 Å². The molecule has 1 aliphatic heterocycles. The minimum absolute atomic E-state index is 0.0970. The number of rotatable bonds is 5. The van der Waals surface area contributed by atoms with Gasteiger partial charge in [0.25, 0.3) is 0 Å². The minimum Gasteiger partial charge on any atom is -0.307 e. The fraction of sp³-hybridized carbons (Fsp3) is 0.273. The van der Waals surface area contributed by atoms with Crippen LogP contribution in [-0.4, -0.2) is 32.9 Å². The van der Waals surface area contributed by atoms with Crippen molar-refractivity contribution < 1.29 is 9.18 Å². The van der Waals surface area contributed by atoms with Crippen molar-refractivity contribution in [3.8, 4) is 11.9 Å². The second-order valence-corrected chi connectivity index (χ2v) is 7.36. The second kappa shape index (κ2) is 7.94. The Balaban J connectivity index is 1.59. The van der Waals surface area contributed by atoms with Crippen molar-refractivity contribution in [2.75, 3.05) is 6.54 Å². The quantitative estimate of drug-likeness (QED) is 0.678. The number of hydrogen-bond donors (Lipinski definition) is 1. The van der Waals surface area contributed by atoms with Gasteiger partial charge >= 0.3 is 0 Å². The number of nitrogens with zero attached hydrogens (tertiary/aromatic N) is 4. The molecule has 6 nitrogen and oxygen atoms in total. The van der Waals surface area contributed by atoms with E-state index in [1.54, 1.807) is 53.8 Å². The van der Waals surface area contributed by atoms with Gasteiger partial charge in [-0.1, -0.05) is 12.1 Å². The van der Waals surface area contributed by atoms with Crippen LogP contribution in [0.2, 0.25) is 0 Å². The lowest BCUT2D eigenvalue weighted by Gasteiger charge is -2.36. The van der Waals surface area contributed by atoms with Crippen LogP contribution < -0.4 is 5.32 Å². The van der Waals surface area contributed by atoms with Crippen LogP contribution in [-0.2, 0) is 6.42 Å². The number of pyridine rings is 1. The summed E-state index contributed by atoms with van der Waals surface area (Å²) in [5.41, 5.74) is 0.695. The Hall–Kier alpha value is -3.37. The molecule has 2 unspecified atom stereocenters. The smallest absolute Gasteiger partial charge is 0.183 e. The highest BCUT2D eigenvalue weighted by molar-refractivity contribution is 6.02. The Morgan fingerprint density at radius 3 is 2.86 bits per heavy atom. The van der Waals surface area contributed by atoms with Gasteiger partial charge < -0.3 is 5.32 Å². The molecule has 3 aromatic rings. The van der Waals surface area contributed by atoms with Crippen LogP contribution in [0.15, 0.2) is 61.3 Å². The monoisotopic (exact) mass is 389 g/mol. The third kappa shape index (κ3) is 3.93. The van der Waals surface area contributed by atoms with Gasteiger partial charge in [0.05, 0.1) is 23.1 Å². The predicted octanol–water partition coefficient (Wildman–Crippen LogP) is 3.09. The van der Waals surface area contributed by atoms with Gasteiger partial charge in [-0.2, -0.15) is 5.26 Å². The summed E-state index contributed by atoms with van der Waals surface area (Å²) in [5.74, 6) is 0.116. The summed E-state index contributed by atoms with van der Waals surface area (Å²) in [6.07, 6.45) is 8.10. The molecule has 1 fully saturated rings. The van der Waals surface area contributed by atoms with E-state index in [9.17, 15) is 14.4 Å². The summed E-state index contributed by atoms with van der Waals surface area (Å²) >= 11 is 0. The average Bonchev–Trinajstić information content (AvgIpc) is 3.30. The van der Waals surface area contributed by atoms with E-state index >= 15 is 0 Å². The van der Waals surface area contributed by atoms with E-state index in [4.69, 9.17) is 0 Å². The first-order valence-electron chi connectivity index (χ1n) is 9.47. The Morgan fingerprint density at radius 1 is 1.31 bits per heavy atom. The molecular formula is C22H20FN5O. The Labute approximate surface area is 168 Å². The Morgan fingerprint density at radius 2 is 2.14 bits per heavy atom. The zero-order valence-electron chi connectivity index (χ0n) is 15.8. The maximum atomic E-state index is 13.3. The van der Waals surface area contributed by atoms with Crippen LogP contribution in [0.5, 0.6) is 0 Å². The highest BCUT2D eigenvalue weighted by Crippen LogP contribution is 2.35. The lowest BCUT2D eigenvalue weighted by molar-refractivity contribution is 0.0882. The summed E-state index contributed by atoms with van der Waals surface area (Å²) in [6.45, 7) is 0.561. The number of aromatic nitrogens is 3. The molecule has 0 bridgehead atoms. The zero-order chi connectivity index (χ0) is 20.3. The molecule has 0 spiro atoms. The van der Waals surface area contributed by atoms with Crippen molar-refractivity contribution in [3.05, 3.63) is 78.3 Å². The number of carbonyl (C=O) groups excluding carboxylic acids is 1. The number of carbonyl (C=O) groups is 1. The summed E-state index contributed by atoms with van der Waals surface area (Å²) in [5, 5.41) is 13.2. The highest BCUT2D eigenvalue weighted by Gasteiger charge is 2.40. The number of piperidine rings is 1. The molecule has 1 aliphatic rings. The molecular weight excluding hydrogens is 369 g/mol. The molecule has 1 aromatic carbocycles.